The van der Waals surface area contributed by atoms with E-state index in [9.17, 15) is 5.26 Å². The molecule has 1 unspecified atom stereocenters. The summed E-state index contributed by atoms with van der Waals surface area (Å²) in [5, 5.41) is 9.06. The molecular formula is C16H20ClN3S. The number of hydrogen-bond acceptors (Lipinski definition) is 3. The number of thioether (sulfide) groups is 1. The van der Waals surface area contributed by atoms with Crippen LogP contribution in [0.25, 0.3) is 11.0 Å². The zero-order valence-corrected chi connectivity index (χ0v) is 14.0. The lowest BCUT2D eigenvalue weighted by Crippen LogP contribution is -2.04. The van der Waals surface area contributed by atoms with Gasteiger partial charge in [0.15, 0.2) is 0 Å². The fourth-order valence-corrected chi connectivity index (χ4v) is 3.15. The van der Waals surface area contributed by atoms with Crippen molar-refractivity contribution < 1.29 is 0 Å². The fourth-order valence-electron chi connectivity index (χ4n) is 2.49. The van der Waals surface area contributed by atoms with Crippen LogP contribution >= 0.6 is 23.4 Å². The molecule has 1 aromatic carbocycles. The number of aromatic nitrogens is 2. The highest BCUT2D eigenvalue weighted by Crippen LogP contribution is 2.27. The Morgan fingerprint density at radius 2 is 2.19 bits per heavy atom. The Balaban J connectivity index is 2.28. The van der Waals surface area contributed by atoms with Crippen LogP contribution in [0.15, 0.2) is 18.2 Å². The Morgan fingerprint density at radius 3 is 2.86 bits per heavy atom. The molecule has 0 saturated heterocycles. The van der Waals surface area contributed by atoms with Crippen LogP contribution in [0.1, 0.15) is 43.0 Å². The third-order valence-corrected chi connectivity index (χ3v) is 4.41. The second-order valence-electron chi connectivity index (χ2n) is 5.08. The molecule has 3 nitrogen and oxygen atoms in total. The first kappa shape index (κ1) is 16.2. The Morgan fingerprint density at radius 1 is 1.38 bits per heavy atom. The molecule has 0 aliphatic rings. The fraction of sp³-hybridized carbons (Fsp3) is 0.500. The molecule has 0 amide bonds. The number of para-hydroxylation sites is 1. The van der Waals surface area contributed by atoms with Gasteiger partial charge in [-0.1, -0.05) is 12.5 Å². The largest absolute Gasteiger partial charge is 0.327 e. The molecule has 0 fully saturated rings. The Hall–Kier alpha value is -1.18. The zero-order chi connectivity index (χ0) is 15.2. The van der Waals surface area contributed by atoms with Crippen molar-refractivity contribution in [1.82, 2.24) is 9.55 Å². The topological polar surface area (TPSA) is 41.6 Å². The van der Waals surface area contributed by atoms with Gasteiger partial charge < -0.3 is 4.57 Å². The van der Waals surface area contributed by atoms with Gasteiger partial charge in [0.2, 0.25) is 0 Å². The average molecular weight is 322 g/mol. The van der Waals surface area contributed by atoms with Crippen LogP contribution in [0.2, 0.25) is 0 Å². The van der Waals surface area contributed by atoms with Crippen molar-refractivity contribution in [2.75, 3.05) is 12.0 Å². The van der Waals surface area contributed by atoms with Gasteiger partial charge in [-0.05, 0) is 43.9 Å². The number of nitriles is 1. The van der Waals surface area contributed by atoms with E-state index in [0.29, 0.717) is 5.56 Å². The number of unbranched alkanes of at least 4 members (excludes halogenated alkanes) is 2. The number of halogens is 1. The highest BCUT2D eigenvalue weighted by atomic mass is 35.5. The number of fused-ring (bicyclic) bond motifs is 1. The summed E-state index contributed by atoms with van der Waals surface area (Å²) in [6, 6.07) is 7.95. The van der Waals surface area contributed by atoms with Crippen molar-refractivity contribution in [2.45, 2.75) is 38.1 Å². The van der Waals surface area contributed by atoms with Crippen LogP contribution in [-0.2, 0) is 6.54 Å². The van der Waals surface area contributed by atoms with E-state index in [1.807, 2.05) is 30.8 Å². The number of benzene rings is 1. The molecule has 5 heteroatoms. The first-order valence-corrected chi connectivity index (χ1v) is 9.04. The van der Waals surface area contributed by atoms with Gasteiger partial charge in [-0.25, -0.2) is 4.98 Å². The minimum atomic E-state index is -0.157. The van der Waals surface area contributed by atoms with E-state index < -0.39 is 0 Å². The Kier molecular flexibility index (Phi) is 5.96. The number of hydrogen-bond donors (Lipinski definition) is 0. The van der Waals surface area contributed by atoms with Crippen molar-refractivity contribution in [3.63, 3.8) is 0 Å². The number of rotatable bonds is 7. The number of alkyl halides is 1. The molecule has 1 aromatic heterocycles. The van der Waals surface area contributed by atoms with Gasteiger partial charge in [-0.3, -0.25) is 0 Å². The molecule has 0 aliphatic carbocycles. The van der Waals surface area contributed by atoms with Gasteiger partial charge in [-0.15, -0.1) is 11.6 Å². The highest BCUT2D eigenvalue weighted by Gasteiger charge is 2.16. The summed E-state index contributed by atoms with van der Waals surface area (Å²) in [4.78, 5) is 4.60. The van der Waals surface area contributed by atoms with E-state index in [1.165, 1.54) is 18.6 Å². The molecule has 0 aliphatic heterocycles. The quantitative estimate of drug-likeness (QED) is 0.546. The van der Waals surface area contributed by atoms with E-state index >= 15 is 0 Å². The van der Waals surface area contributed by atoms with Gasteiger partial charge in [0.05, 0.1) is 16.5 Å². The minimum Gasteiger partial charge on any atom is -0.327 e. The summed E-state index contributed by atoms with van der Waals surface area (Å²) < 4.78 is 2.17. The van der Waals surface area contributed by atoms with Gasteiger partial charge in [-0.2, -0.15) is 17.0 Å². The predicted octanol–water partition coefficient (Wildman–Crippen LogP) is 4.74. The van der Waals surface area contributed by atoms with Gasteiger partial charge in [0.25, 0.3) is 0 Å². The van der Waals surface area contributed by atoms with E-state index in [4.69, 9.17) is 11.6 Å². The summed E-state index contributed by atoms with van der Waals surface area (Å²) >= 11 is 8.16. The van der Waals surface area contributed by atoms with Gasteiger partial charge in [0, 0.05) is 6.54 Å². The van der Waals surface area contributed by atoms with Crippen molar-refractivity contribution in [3.05, 3.63) is 29.6 Å². The monoisotopic (exact) mass is 321 g/mol. The molecule has 112 valence electrons. The van der Waals surface area contributed by atoms with Gasteiger partial charge >= 0.3 is 0 Å². The van der Waals surface area contributed by atoms with Crippen LogP contribution in [0.4, 0.5) is 0 Å². The molecule has 2 rings (SSSR count). The smallest absolute Gasteiger partial charge is 0.127 e. The maximum Gasteiger partial charge on any atom is 0.127 e. The molecule has 0 radical (unpaired) electrons. The van der Waals surface area contributed by atoms with Crippen LogP contribution < -0.4 is 0 Å². The van der Waals surface area contributed by atoms with E-state index in [0.717, 1.165) is 29.8 Å². The molecule has 0 saturated carbocycles. The molecule has 2 aromatic rings. The maximum absolute atomic E-state index is 9.21. The second-order valence-corrected chi connectivity index (χ2v) is 6.72. The summed E-state index contributed by atoms with van der Waals surface area (Å²) in [5.74, 6) is 2.07. The summed E-state index contributed by atoms with van der Waals surface area (Å²) in [6.07, 6.45) is 5.69. The molecule has 0 bridgehead atoms. The number of nitrogens with zero attached hydrogens (tertiary/aromatic N) is 3. The van der Waals surface area contributed by atoms with Crippen LogP contribution in [-0.4, -0.2) is 21.6 Å². The molecule has 1 atom stereocenters. The third-order valence-electron chi connectivity index (χ3n) is 3.51. The average Bonchev–Trinajstić information content (AvgIpc) is 2.86. The maximum atomic E-state index is 9.21. The molecule has 1 heterocycles. The van der Waals surface area contributed by atoms with Crippen molar-refractivity contribution in [1.29, 1.82) is 5.26 Å². The van der Waals surface area contributed by atoms with Crippen LogP contribution in [0.3, 0.4) is 0 Å². The molecular weight excluding hydrogens is 302 g/mol. The minimum absolute atomic E-state index is 0.157. The van der Waals surface area contributed by atoms with E-state index in [2.05, 4.69) is 21.9 Å². The lowest BCUT2D eigenvalue weighted by Gasteiger charge is -2.10. The first-order chi connectivity index (χ1) is 10.2. The van der Waals surface area contributed by atoms with Crippen molar-refractivity contribution in [3.8, 4) is 6.07 Å². The molecule has 0 spiro atoms. The first-order valence-electron chi connectivity index (χ1n) is 7.21. The van der Waals surface area contributed by atoms with Gasteiger partial charge in [0.1, 0.15) is 17.4 Å². The standard InChI is InChI=1S/C16H20ClN3S/c1-12(17)16-19-15-13(11-18)7-6-8-14(15)20(16)9-4-3-5-10-21-2/h6-8,12H,3-5,9-10H2,1-2H3. The lowest BCUT2D eigenvalue weighted by molar-refractivity contribution is 0.593. The molecule has 0 N–H and O–H groups in total. The highest BCUT2D eigenvalue weighted by molar-refractivity contribution is 7.98. The Labute approximate surface area is 135 Å². The van der Waals surface area contributed by atoms with Crippen LogP contribution in [0.5, 0.6) is 0 Å². The third kappa shape index (κ3) is 3.72. The van der Waals surface area contributed by atoms with Crippen molar-refractivity contribution >= 4 is 34.4 Å². The summed E-state index contributed by atoms with van der Waals surface area (Å²) in [5.41, 5.74) is 2.40. The van der Waals surface area contributed by atoms with Crippen LogP contribution in [0, 0.1) is 11.3 Å². The number of aryl methyl sites for hydroxylation is 1. The van der Waals surface area contributed by atoms with E-state index in [-0.39, 0.29) is 5.38 Å². The number of imidazole rings is 1. The predicted molar refractivity (Wildman–Crippen MR) is 90.9 cm³/mol. The lowest BCUT2D eigenvalue weighted by atomic mass is 10.2. The molecule has 21 heavy (non-hydrogen) atoms. The Bertz CT molecular complexity index is 643. The van der Waals surface area contributed by atoms with E-state index in [1.54, 1.807) is 6.07 Å². The van der Waals surface area contributed by atoms with Crippen molar-refractivity contribution in [2.24, 2.45) is 0 Å². The summed E-state index contributed by atoms with van der Waals surface area (Å²) in [7, 11) is 0. The SMILES string of the molecule is CSCCCCCn1c(C(C)Cl)nc2c(C#N)cccc21. The second kappa shape index (κ2) is 7.72. The summed E-state index contributed by atoms with van der Waals surface area (Å²) in [6.45, 7) is 2.84. The normalized spacial score (nSPS) is 12.5. The zero-order valence-electron chi connectivity index (χ0n) is 12.5.